The Morgan fingerprint density at radius 2 is 1.64 bits per heavy atom. The van der Waals surface area contributed by atoms with Crippen molar-refractivity contribution in [3.8, 4) is 23.0 Å². The summed E-state index contributed by atoms with van der Waals surface area (Å²) in [5.74, 6) is 1.58. The van der Waals surface area contributed by atoms with E-state index in [9.17, 15) is 9.59 Å². The number of hydrogen-bond acceptors (Lipinski definition) is 6. The van der Waals surface area contributed by atoms with Crippen LogP contribution >= 0.6 is 0 Å². The summed E-state index contributed by atoms with van der Waals surface area (Å²) in [6.45, 7) is 1.00. The van der Waals surface area contributed by atoms with Gasteiger partial charge in [0.1, 0.15) is 18.1 Å². The molecule has 1 fully saturated rings. The summed E-state index contributed by atoms with van der Waals surface area (Å²) >= 11 is 0. The Bertz CT molecular complexity index is 1210. The van der Waals surface area contributed by atoms with Crippen molar-refractivity contribution in [3.63, 3.8) is 0 Å². The summed E-state index contributed by atoms with van der Waals surface area (Å²) in [5, 5.41) is 2.94. The molecule has 0 aromatic heterocycles. The molecule has 1 unspecified atom stereocenters. The molecule has 4 rings (SSSR count). The van der Waals surface area contributed by atoms with Crippen LogP contribution < -0.4 is 29.2 Å². The Balaban J connectivity index is 1.36. The minimum absolute atomic E-state index is 0.127. The van der Waals surface area contributed by atoms with E-state index in [0.29, 0.717) is 41.8 Å². The highest BCUT2D eigenvalue weighted by molar-refractivity contribution is 6.01. The Hall–Kier alpha value is -4.20. The molecular formula is C28H30N2O6. The number of anilines is 1. The molecule has 8 nitrogen and oxygen atoms in total. The first-order chi connectivity index (χ1) is 17.5. The number of methoxy groups -OCH3 is 3. The first kappa shape index (κ1) is 24.9. The normalized spacial score (nSPS) is 14.9. The molecule has 1 aliphatic heterocycles. The third-order valence-electron chi connectivity index (χ3n) is 6.10. The van der Waals surface area contributed by atoms with Crippen LogP contribution in [0.25, 0.3) is 0 Å². The van der Waals surface area contributed by atoms with Gasteiger partial charge in [-0.25, -0.2) is 0 Å². The van der Waals surface area contributed by atoms with Crippen molar-refractivity contribution in [2.24, 2.45) is 5.92 Å². The molecule has 1 atom stereocenters. The first-order valence-corrected chi connectivity index (χ1v) is 11.7. The van der Waals surface area contributed by atoms with Gasteiger partial charge in [0, 0.05) is 25.6 Å². The molecule has 2 amide bonds. The fraction of sp³-hybridized carbons (Fsp3) is 0.286. The van der Waals surface area contributed by atoms with E-state index in [4.69, 9.17) is 18.9 Å². The maximum Gasteiger partial charge on any atom is 0.227 e. The molecular weight excluding hydrogens is 460 g/mol. The van der Waals surface area contributed by atoms with E-state index in [1.807, 2.05) is 48.5 Å². The first-order valence-electron chi connectivity index (χ1n) is 11.7. The van der Waals surface area contributed by atoms with Crippen LogP contribution in [0.5, 0.6) is 23.0 Å². The van der Waals surface area contributed by atoms with Gasteiger partial charge < -0.3 is 29.2 Å². The Kier molecular flexibility index (Phi) is 7.95. The van der Waals surface area contributed by atoms with Gasteiger partial charge in [0.2, 0.25) is 11.8 Å². The summed E-state index contributed by atoms with van der Waals surface area (Å²) in [6.07, 6.45) is 0.127. The van der Waals surface area contributed by atoms with E-state index in [-0.39, 0.29) is 24.8 Å². The van der Waals surface area contributed by atoms with Crippen LogP contribution in [0, 0.1) is 5.92 Å². The lowest BCUT2D eigenvalue weighted by molar-refractivity contribution is -0.126. The van der Waals surface area contributed by atoms with E-state index in [0.717, 1.165) is 11.1 Å². The second kappa shape index (κ2) is 11.5. The van der Waals surface area contributed by atoms with Gasteiger partial charge in [-0.05, 0) is 35.4 Å². The maximum absolute atomic E-state index is 12.9. The monoisotopic (exact) mass is 490 g/mol. The largest absolute Gasteiger partial charge is 0.497 e. The third kappa shape index (κ3) is 5.71. The van der Waals surface area contributed by atoms with Crippen molar-refractivity contribution < 1.29 is 28.5 Å². The quantitative estimate of drug-likeness (QED) is 0.463. The number of benzene rings is 3. The van der Waals surface area contributed by atoms with Crippen LogP contribution in [0.1, 0.15) is 17.5 Å². The number of amides is 2. The molecule has 1 aliphatic rings. The maximum atomic E-state index is 12.9. The lowest BCUT2D eigenvalue weighted by Crippen LogP contribution is -2.32. The van der Waals surface area contributed by atoms with Crippen LogP contribution in [0.15, 0.2) is 66.7 Å². The second-order valence-electron chi connectivity index (χ2n) is 8.42. The smallest absolute Gasteiger partial charge is 0.227 e. The minimum Gasteiger partial charge on any atom is -0.497 e. The van der Waals surface area contributed by atoms with E-state index >= 15 is 0 Å². The van der Waals surface area contributed by atoms with Gasteiger partial charge in [-0.2, -0.15) is 0 Å². The van der Waals surface area contributed by atoms with E-state index in [1.54, 1.807) is 44.4 Å². The number of carbonyl (C=O) groups excluding carboxylic acids is 2. The number of nitrogens with one attached hydrogen (secondary N) is 1. The molecule has 0 bridgehead atoms. The minimum atomic E-state index is -0.469. The zero-order valence-electron chi connectivity index (χ0n) is 20.7. The molecule has 1 heterocycles. The molecule has 188 valence electrons. The van der Waals surface area contributed by atoms with Crippen LogP contribution in [0.3, 0.4) is 0 Å². The zero-order chi connectivity index (χ0) is 25.5. The van der Waals surface area contributed by atoms with E-state index < -0.39 is 5.92 Å². The number of hydrogen-bond donors (Lipinski definition) is 1. The summed E-state index contributed by atoms with van der Waals surface area (Å²) in [5.41, 5.74) is 2.51. The average Bonchev–Trinajstić information content (AvgIpc) is 3.32. The molecule has 0 aliphatic carbocycles. The molecule has 1 saturated heterocycles. The highest BCUT2D eigenvalue weighted by Gasteiger charge is 2.36. The fourth-order valence-corrected chi connectivity index (χ4v) is 4.13. The van der Waals surface area contributed by atoms with Crippen LogP contribution in [-0.2, 0) is 22.7 Å². The van der Waals surface area contributed by atoms with Crippen LogP contribution in [0.2, 0.25) is 0 Å². The van der Waals surface area contributed by atoms with Gasteiger partial charge in [0.05, 0.1) is 32.9 Å². The average molecular weight is 491 g/mol. The van der Waals surface area contributed by atoms with Crippen LogP contribution in [-0.4, -0.2) is 39.7 Å². The molecule has 0 spiro atoms. The summed E-state index contributed by atoms with van der Waals surface area (Å²) in [7, 11) is 4.69. The highest BCUT2D eigenvalue weighted by Crippen LogP contribution is 2.36. The van der Waals surface area contributed by atoms with Crippen molar-refractivity contribution >= 4 is 17.5 Å². The van der Waals surface area contributed by atoms with Gasteiger partial charge in [-0.3, -0.25) is 9.59 Å². The Morgan fingerprint density at radius 1 is 0.889 bits per heavy atom. The number of ether oxygens (including phenoxy) is 4. The SMILES string of the molecule is COc1ccc(OC)c(N2CC(C(=O)NCc3ccc(OCc4ccccc4)c(OC)c3)CC2=O)c1. The van der Waals surface area contributed by atoms with Crippen molar-refractivity contribution in [3.05, 3.63) is 77.9 Å². The van der Waals surface area contributed by atoms with E-state index in [2.05, 4.69) is 5.32 Å². The van der Waals surface area contributed by atoms with Gasteiger partial charge in [0.25, 0.3) is 0 Å². The van der Waals surface area contributed by atoms with Gasteiger partial charge in [-0.1, -0.05) is 36.4 Å². The summed E-state index contributed by atoms with van der Waals surface area (Å²) in [6, 6.07) is 20.7. The topological polar surface area (TPSA) is 86.3 Å². The predicted molar refractivity (Wildman–Crippen MR) is 136 cm³/mol. The van der Waals surface area contributed by atoms with E-state index in [1.165, 1.54) is 0 Å². The van der Waals surface area contributed by atoms with Crippen LogP contribution in [0.4, 0.5) is 5.69 Å². The standard InChI is InChI=1S/C28H30N2O6/c1-33-22-10-12-24(34-2)23(15-22)30-17-21(14-27(30)31)28(32)29-16-20-9-11-25(26(13-20)35-3)36-18-19-7-5-4-6-8-19/h4-13,15,21H,14,16-18H2,1-3H3,(H,29,32). The zero-order valence-corrected chi connectivity index (χ0v) is 20.7. The molecule has 3 aromatic carbocycles. The lowest BCUT2D eigenvalue weighted by atomic mass is 10.1. The third-order valence-corrected chi connectivity index (χ3v) is 6.10. The van der Waals surface area contributed by atoms with Gasteiger partial charge in [-0.15, -0.1) is 0 Å². The molecule has 36 heavy (non-hydrogen) atoms. The van der Waals surface area contributed by atoms with Crippen molar-refractivity contribution in [2.45, 2.75) is 19.6 Å². The molecule has 3 aromatic rings. The number of rotatable bonds is 10. The van der Waals surface area contributed by atoms with Gasteiger partial charge in [0.15, 0.2) is 11.5 Å². The van der Waals surface area contributed by atoms with Crippen molar-refractivity contribution in [1.29, 1.82) is 0 Å². The number of carbonyl (C=O) groups is 2. The summed E-state index contributed by atoms with van der Waals surface area (Å²) in [4.78, 5) is 27.2. The lowest BCUT2D eigenvalue weighted by Gasteiger charge is -2.20. The molecule has 0 radical (unpaired) electrons. The fourth-order valence-electron chi connectivity index (χ4n) is 4.13. The predicted octanol–water partition coefficient (Wildman–Crippen LogP) is 3.96. The molecule has 1 N–H and O–H groups in total. The molecule has 0 saturated carbocycles. The van der Waals surface area contributed by atoms with Crippen molar-refractivity contribution in [1.82, 2.24) is 5.32 Å². The number of nitrogens with zero attached hydrogens (tertiary/aromatic N) is 1. The Labute approximate surface area is 210 Å². The molecule has 8 heteroatoms. The summed E-state index contributed by atoms with van der Waals surface area (Å²) < 4.78 is 22.1. The highest BCUT2D eigenvalue weighted by atomic mass is 16.5. The van der Waals surface area contributed by atoms with Gasteiger partial charge >= 0.3 is 0 Å². The Morgan fingerprint density at radius 3 is 2.36 bits per heavy atom. The second-order valence-corrected chi connectivity index (χ2v) is 8.42. The van der Waals surface area contributed by atoms with Crippen molar-refractivity contribution in [2.75, 3.05) is 32.8 Å².